The lowest BCUT2D eigenvalue weighted by Crippen LogP contribution is -2.47. The number of fused-ring (bicyclic) bond motifs is 2. The third-order valence-electron chi connectivity index (χ3n) is 5.88. The normalized spacial score (nSPS) is 18.0. The van der Waals surface area contributed by atoms with Gasteiger partial charge in [0.15, 0.2) is 0 Å². The Balaban J connectivity index is 1.67. The molecule has 1 atom stereocenters. The molecule has 0 aliphatic carbocycles. The first-order valence-electron chi connectivity index (χ1n) is 10.9. The van der Waals surface area contributed by atoms with Gasteiger partial charge in [-0.2, -0.15) is 0 Å². The maximum Gasteiger partial charge on any atom is 0.417 e. The summed E-state index contributed by atoms with van der Waals surface area (Å²) >= 11 is 6.63. The average molecular weight is 462 g/mol. The van der Waals surface area contributed by atoms with Crippen LogP contribution < -0.4 is 5.32 Å². The van der Waals surface area contributed by atoms with E-state index >= 15 is 0 Å². The summed E-state index contributed by atoms with van der Waals surface area (Å²) in [7, 11) is 0. The number of nitrogens with zero attached hydrogens (tertiary/aromatic N) is 2. The number of rotatable bonds is 1. The number of pyridine rings is 1. The zero-order valence-electron chi connectivity index (χ0n) is 18.7. The van der Waals surface area contributed by atoms with Crippen LogP contribution in [0.25, 0.3) is 10.9 Å². The molecular formula is C26H24ClN3O3. The number of ether oxygens (including phenoxy) is 1. The van der Waals surface area contributed by atoms with E-state index in [-0.39, 0.29) is 12.5 Å². The Morgan fingerprint density at radius 3 is 2.70 bits per heavy atom. The van der Waals surface area contributed by atoms with E-state index in [1.165, 1.54) is 4.90 Å². The Labute approximate surface area is 197 Å². The lowest BCUT2D eigenvalue weighted by molar-refractivity contribution is -0.127. The molecule has 0 saturated heterocycles. The van der Waals surface area contributed by atoms with Gasteiger partial charge in [-0.3, -0.25) is 9.78 Å². The molecule has 2 aliphatic rings. The van der Waals surface area contributed by atoms with Gasteiger partial charge >= 0.3 is 6.09 Å². The lowest BCUT2D eigenvalue weighted by Gasteiger charge is -2.38. The molecule has 33 heavy (non-hydrogen) atoms. The lowest BCUT2D eigenvalue weighted by atomic mass is 9.78. The second kappa shape index (κ2) is 7.89. The molecule has 168 valence electrons. The summed E-state index contributed by atoms with van der Waals surface area (Å²) in [5, 5.41) is 5.02. The summed E-state index contributed by atoms with van der Waals surface area (Å²) in [5.74, 6) is -0.802. The van der Waals surface area contributed by atoms with Crippen LogP contribution in [0.1, 0.15) is 44.2 Å². The van der Waals surface area contributed by atoms with Crippen LogP contribution in [0.2, 0.25) is 5.02 Å². The van der Waals surface area contributed by atoms with Crippen molar-refractivity contribution in [2.45, 2.75) is 38.7 Å². The fraction of sp³-hybridized carbons (Fsp3) is 0.269. The largest absolute Gasteiger partial charge is 0.443 e. The molecule has 0 spiro atoms. The summed E-state index contributed by atoms with van der Waals surface area (Å²) in [6.07, 6.45) is 1.62. The second-order valence-electron chi connectivity index (χ2n) is 9.29. The number of benzene rings is 2. The molecule has 0 saturated carbocycles. The predicted octanol–water partition coefficient (Wildman–Crippen LogP) is 5.87. The fourth-order valence-corrected chi connectivity index (χ4v) is 4.73. The van der Waals surface area contributed by atoms with Crippen molar-refractivity contribution >= 4 is 40.2 Å². The van der Waals surface area contributed by atoms with Crippen molar-refractivity contribution in [2.75, 3.05) is 11.9 Å². The zero-order valence-corrected chi connectivity index (χ0v) is 19.4. The predicted molar refractivity (Wildman–Crippen MR) is 128 cm³/mol. The van der Waals surface area contributed by atoms with E-state index in [1.807, 2.05) is 42.5 Å². The first-order valence-corrected chi connectivity index (χ1v) is 11.3. The van der Waals surface area contributed by atoms with Crippen molar-refractivity contribution in [1.29, 1.82) is 0 Å². The van der Waals surface area contributed by atoms with E-state index in [0.717, 1.165) is 33.4 Å². The van der Waals surface area contributed by atoms with Crippen LogP contribution in [0.5, 0.6) is 0 Å². The summed E-state index contributed by atoms with van der Waals surface area (Å²) in [6.45, 7) is 5.60. The summed E-state index contributed by atoms with van der Waals surface area (Å²) in [6, 6.07) is 15.5. The van der Waals surface area contributed by atoms with Gasteiger partial charge in [-0.05, 0) is 56.2 Å². The van der Waals surface area contributed by atoms with Gasteiger partial charge in [0, 0.05) is 52.4 Å². The first kappa shape index (κ1) is 21.5. The van der Waals surface area contributed by atoms with Crippen LogP contribution in [-0.4, -0.2) is 34.0 Å². The molecule has 2 aliphatic heterocycles. The van der Waals surface area contributed by atoms with Crippen molar-refractivity contribution in [1.82, 2.24) is 9.88 Å². The van der Waals surface area contributed by atoms with Gasteiger partial charge < -0.3 is 10.1 Å². The number of imide groups is 1. The standard InChI is InChI=1S/C26H24ClN3O3/c1-26(2,3)33-25(32)30-12-10-19-23(24(30)31)22(16-8-4-5-9-18(16)27)17-14-20-15(7-6-11-28-20)13-21(17)29-19/h4-9,11,13-14,22,29H,10,12H2,1-3H3. The molecule has 2 aromatic carbocycles. The number of hydrogen-bond donors (Lipinski definition) is 1. The van der Waals surface area contributed by atoms with Gasteiger partial charge in [0.25, 0.3) is 5.91 Å². The summed E-state index contributed by atoms with van der Waals surface area (Å²) < 4.78 is 5.51. The Hall–Kier alpha value is -3.38. The number of hydrogen-bond acceptors (Lipinski definition) is 5. The number of anilines is 1. The minimum atomic E-state index is -0.698. The van der Waals surface area contributed by atoms with Gasteiger partial charge in [0.05, 0.1) is 5.52 Å². The number of halogens is 1. The Morgan fingerprint density at radius 1 is 1.15 bits per heavy atom. The Morgan fingerprint density at radius 2 is 1.94 bits per heavy atom. The fourth-order valence-electron chi connectivity index (χ4n) is 4.49. The van der Waals surface area contributed by atoms with Gasteiger partial charge in [-0.25, -0.2) is 9.69 Å². The zero-order chi connectivity index (χ0) is 23.3. The number of amides is 2. The van der Waals surface area contributed by atoms with E-state index in [2.05, 4.69) is 16.4 Å². The molecule has 0 fully saturated rings. The monoisotopic (exact) mass is 461 g/mol. The minimum absolute atomic E-state index is 0.249. The van der Waals surface area contributed by atoms with Crippen LogP contribution in [0.15, 0.2) is 66.0 Å². The highest BCUT2D eigenvalue weighted by atomic mass is 35.5. The van der Waals surface area contributed by atoms with E-state index < -0.39 is 17.6 Å². The number of nitrogens with one attached hydrogen (secondary N) is 1. The van der Waals surface area contributed by atoms with Crippen LogP contribution in [-0.2, 0) is 9.53 Å². The molecular weight excluding hydrogens is 438 g/mol. The molecule has 2 amide bonds. The molecule has 0 radical (unpaired) electrons. The number of aromatic nitrogens is 1. The van der Waals surface area contributed by atoms with E-state index in [1.54, 1.807) is 27.0 Å². The van der Waals surface area contributed by atoms with Crippen LogP contribution >= 0.6 is 11.6 Å². The Bertz CT molecular complexity index is 1330. The smallest absolute Gasteiger partial charge is 0.417 e. The Kier molecular flexibility index (Phi) is 5.13. The maximum absolute atomic E-state index is 13.7. The van der Waals surface area contributed by atoms with Crippen molar-refractivity contribution in [2.24, 2.45) is 0 Å². The third-order valence-corrected chi connectivity index (χ3v) is 6.22. The SMILES string of the molecule is CC(C)(C)OC(=O)N1CCC2=C(C1=O)C(c1ccccc1Cl)c1cc3ncccc3cc1N2. The van der Waals surface area contributed by atoms with Gasteiger partial charge in [0.2, 0.25) is 0 Å². The molecule has 1 aromatic heterocycles. The molecule has 6 nitrogen and oxygen atoms in total. The summed E-state index contributed by atoms with van der Waals surface area (Å²) in [5.41, 5.74) is 4.07. The molecule has 1 unspecified atom stereocenters. The highest BCUT2D eigenvalue weighted by Crippen LogP contribution is 2.47. The highest BCUT2D eigenvalue weighted by molar-refractivity contribution is 6.31. The van der Waals surface area contributed by atoms with E-state index in [9.17, 15) is 9.59 Å². The molecule has 0 bridgehead atoms. The van der Waals surface area contributed by atoms with E-state index in [0.29, 0.717) is 17.0 Å². The van der Waals surface area contributed by atoms with Crippen LogP contribution in [0, 0.1) is 0 Å². The second-order valence-corrected chi connectivity index (χ2v) is 9.70. The van der Waals surface area contributed by atoms with Gasteiger partial charge in [0.1, 0.15) is 5.60 Å². The quantitative estimate of drug-likeness (QED) is 0.491. The average Bonchev–Trinajstić information content (AvgIpc) is 2.76. The topological polar surface area (TPSA) is 71.5 Å². The molecule has 3 aromatic rings. The van der Waals surface area contributed by atoms with Gasteiger partial charge in [-0.1, -0.05) is 35.9 Å². The first-order chi connectivity index (χ1) is 15.7. The summed E-state index contributed by atoms with van der Waals surface area (Å²) in [4.78, 5) is 32.3. The van der Waals surface area contributed by atoms with Crippen LogP contribution in [0.4, 0.5) is 10.5 Å². The number of carbonyl (C=O) groups excluding carboxylic acids is 2. The molecule has 7 heteroatoms. The maximum atomic E-state index is 13.7. The van der Waals surface area contributed by atoms with Crippen molar-refractivity contribution in [3.8, 4) is 0 Å². The highest BCUT2D eigenvalue weighted by Gasteiger charge is 2.42. The van der Waals surface area contributed by atoms with Crippen molar-refractivity contribution < 1.29 is 14.3 Å². The molecule has 1 N–H and O–H groups in total. The molecule has 5 rings (SSSR count). The van der Waals surface area contributed by atoms with E-state index in [4.69, 9.17) is 16.3 Å². The van der Waals surface area contributed by atoms with Crippen molar-refractivity contribution in [3.63, 3.8) is 0 Å². The van der Waals surface area contributed by atoms with Crippen LogP contribution in [0.3, 0.4) is 0 Å². The minimum Gasteiger partial charge on any atom is -0.443 e. The third kappa shape index (κ3) is 3.85. The number of carbonyl (C=O) groups is 2. The molecule has 3 heterocycles. The van der Waals surface area contributed by atoms with Gasteiger partial charge in [-0.15, -0.1) is 0 Å². The van der Waals surface area contributed by atoms with Crippen molar-refractivity contribution in [3.05, 3.63) is 82.1 Å².